The lowest BCUT2D eigenvalue weighted by Crippen LogP contribution is -2.37. The van der Waals surface area contributed by atoms with E-state index in [-0.39, 0.29) is 12.5 Å². The number of anilines is 3. The number of amides is 1. The van der Waals surface area contributed by atoms with Crippen LogP contribution in [0.3, 0.4) is 0 Å². The topological polar surface area (TPSA) is 88.4 Å². The van der Waals surface area contributed by atoms with Gasteiger partial charge in [-0.15, -0.1) is 0 Å². The Morgan fingerprint density at radius 3 is 2.83 bits per heavy atom. The maximum absolute atomic E-state index is 12.2. The van der Waals surface area contributed by atoms with Crippen molar-refractivity contribution in [1.29, 1.82) is 0 Å². The third-order valence-electron chi connectivity index (χ3n) is 3.61. The molecule has 1 amide bonds. The fourth-order valence-electron chi connectivity index (χ4n) is 2.44. The molecule has 24 heavy (non-hydrogen) atoms. The SMILES string of the molecule is CN(C)c1nc(N2CCOCC2)ncc1NC(=O)Cn1cccn1. The molecule has 0 atom stereocenters. The number of morpholine rings is 1. The van der Waals surface area contributed by atoms with Crippen molar-refractivity contribution in [3.63, 3.8) is 0 Å². The normalized spacial score (nSPS) is 14.5. The van der Waals surface area contributed by atoms with E-state index in [0.717, 1.165) is 13.1 Å². The highest BCUT2D eigenvalue weighted by molar-refractivity contribution is 5.93. The van der Waals surface area contributed by atoms with Crippen LogP contribution < -0.4 is 15.1 Å². The van der Waals surface area contributed by atoms with Crippen LogP contribution >= 0.6 is 0 Å². The molecule has 0 aliphatic carbocycles. The van der Waals surface area contributed by atoms with Gasteiger partial charge in [0.05, 0.1) is 19.4 Å². The van der Waals surface area contributed by atoms with Gasteiger partial charge in [0.1, 0.15) is 12.2 Å². The first-order chi connectivity index (χ1) is 11.6. The summed E-state index contributed by atoms with van der Waals surface area (Å²) in [5.74, 6) is 1.14. The molecular formula is C15H21N7O2. The first kappa shape index (κ1) is 16.2. The van der Waals surface area contributed by atoms with Gasteiger partial charge in [-0.25, -0.2) is 4.98 Å². The Morgan fingerprint density at radius 2 is 2.17 bits per heavy atom. The predicted octanol–water partition coefficient (Wildman–Crippen LogP) is 0.214. The predicted molar refractivity (Wildman–Crippen MR) is 90.2 cm³/mol. The minimum atomic E-state index is -0.176. The summed E-state index contributed by atoms with van der Waals surface area (Å²) in [6.07, 6.45) is 5.03. The maximum Gasteiger partial charge on any atom is 0.246 e. The lowest BCUT2D eigenvalue weighted by atomic mass is 10.4. The van der Waals surface area contributed by atoms with Crippen LogP contribution in [0.5, 0.6) is 0 Å². The van der Waals surface area contributed by atoms with Crippen LogP contribution in [0.2, 0.25) is 0 Å². The molecule has 9 nitrogen and oxygen atoms in total. The average Bonchev–Trinajstić information content (AvgIpc) is 3.08. The molecule has 0 unspecified atom stereocenters. The van der Waals surface area contributed by atoms with Crippen molar-refractivity contribution in [2.75, 3.05) is 55.5 Å². The largest absolute Gasteiger partial charge is 0.378 e. The van der Waals surface area contributed by atoms with E-state index in [9.17, 15) is 4.79 Å². The van der Waals surface area contributed by atoms with Crippen LogP contribution in [0, 0.1) is 0 Å². The first-order valence-electron chi connectivity index (χ1n) is 7.78. The van der Waals surface area contributed by atoms with Crippen molar-refractivity contribution in [3.8, 4) is 0 Å². The van der Waals surface area contributed by atoms with E-state index < -0.39 is 0 Å². The number of carbonyl (C=O) groups is 1. The zero-order valence-electron chi connectivity index (χ0n) is 13.8. The molecular weight excluding hydrogens is 310 g/mol. The van der Waals surface area contributed by atoms with E-state index in [1.165, 1.54) is 0 Å². The lowest BCUT2D eigenvalue weighted by Gasteiger charge is -2.28. The van der Waals surface area contributed by atoms with Gasteiger partial charge in [0.15, 0.2) is 5.82 Å². The highest BCUT2D eigenvalue weighted by atomic mass is 16.5. The van der Waals surface area contributed by atoms with E-state index in [4.69, 9.17) is 4.74 Å². The van der Waals surface area contributed by atoms with Crippen molar-refractivity contribution in [2.45, 2.75) is 6.54 Å². The number of hydrogen-bond donors (Lipinski definition) is 1. The number of hydrogen-bond acceptors (Lipinski definition) is 7. The fourth-order valence-corrected chi connectivity index (χ4v) is 2.44. The fraction of sp³-hybridized carbons (Fsp3) is 0.467. The monoisotopic (exact) mass is 331 g/mol. The van der Waals surface area contributed by atoms with Crippen LogP contribution in [-0.2, 0) is 16.1 Å². The second-order valence-electron chi connectivity index (χ2n) is 5.65. The molecule has 3 heterocycles. The molecule has 2 aromatic rings. The zero-order chi connectivity index (χ0) is 16.9. The van der Waals surface area contributed by atoms with Crippen LogP contribution in [0.1, 0.15) is 0 Å². The third-order valence-corrected chi connectivity index (χ3v) is 3.61. The van der Waals surface area contributed by atoms with Gasteiger partial charge in [-0.1, -0.05) is 0 Å². The summed E-state index contributed by atoms with van der Waals surface area (Å²) < 4.78 is 6.92. The third kappa shape index (κ3) is 3.80. The molecule has 3 rings (SSSR count). The van der Waals surface area contributed by atoms with E-state index in [2.05, 4.69) is 25.3 Å². The second kappa shape index (κ2) is 7.26. The Bertz CT molecular complexity index is 681. The molecule has 1 saturated heterocycles. The smallest absolute Gasteiger partial charge is 0.246 e. The molecule has 1 aliphatic rings. The van der Waals surface area contributed by atoms with Crippen molar-refractivity contribution in [3.05, 3.63) is 24.7 Å². The van der Waals surface area contributed by atoms with Crippen molar-refractivity contribution in [1.82, 2.24) is 19.7 Å². The van der Waals surface area contributed by atoms with Gasteiger partial charge >= 0.3 is 0 Å². The number of carbonyl (C=O) groups excluding carboxylic acids is 1. The summed E-state index contributed by atoms with van der Waals surface area (Å²) in [7, 11) is 3.77. The molecule has 1 fully saturated rings. The summed E-state index contributed by atoms with van der Waals surface area (Å²) in [6.45, 7) is 3.01. The maximum atomic E-state index is 12.2. The highest BCUT2D eigenvalue weighted by Gasteiger charge is 2.18. The van der Waals surface area contributed by atoms with E-state index in [0.29, 0.717) is 30.7 Å². The van der Waals surface area contributed by atoms with Crippen molar-refractivity contribution in [2.24, 2.45) is 0 Å². The molecule has 1 aliphatic heterocycles. The van der Waals surface area contributed by atoms with Gasteiger partial charge in [0, 0.05) is 39.6 Å². The van der Waals surface area contributed by atoms with E-state index >= 15 is 0 Å². The molecule has 0 spiro atoms. The molecule has 0 radical (unpaired) electrons. The van der Waals surface area contributed by atoms with E-state index in [1.807, 2.05) is 19.0 Å². The number of ether oxygens (including phenoxy) is 1. The Hall–Kier alpha value is -2.68. The van der Waals surface area contributed by atoms with Gasteiger partial charge < -0.3 is 19.9 Å². The number of nitrogens with one attached hydrogen (secondary N) is 1. The Balaban J connectivity index is 1.75. The van der Waals surface area contributed by atoms with Gasteiger partial charge in [-0.05, 0) is 6.07 Å². The highest BCUT2D eigenvalue weighted by Crippen LogP contribution is 2.24. The molecule has 128 valence electrons. The standard InChI is InChI=1S/C15H21N7O2/c1-20(2)14-12(18-13(23)11-22-5-3-4-17-22)10-16-15(19-14)21-6-8-24-9-7-21/h3-5,10H,6-9,11H2,1-2H3,(H,18,23). The van der Waals surface area contributed by atoms with E-state index in [1.54, 1.807) is 29.3 Å². The van der Waals surface area contributed by atoms with Crippen LogP contribution in [0.15, 0.2) is 24.7 Å². The second-order valence-corrected chi connectivity index (χ2v) is 5.65. The quantitative estimate of drug-likeness (QED) is 0.838. The van der Waals surface area contributed by atoms with Crippen molar-refractivity contribution >= 4 is 23.4 Å². The minimum absolute atomic E-state index is 0.144. The van der Waals surface area contributed by atoms with Gasteiger partial charge in [0.2, 0.25) is 11.9 Å². The molecule has 0 aromatic carbocycles. The van der Waals surface area contributed by atoms with Crippen molar-refractivity contribution < 1.29 is 9.53 Å². The first-order valence-corrected chi connectivity index (χ1v) is 7.78. The lowest BCUT2D eigenvalue weighted by molar-refractivity contribution is -0.116. The molecule has 0 saturated carbocycles. The van der Waals surface area contributed by atoms with Gasteiger partial charge in [-0.3, -0.25) is 9.48 Å². The van der Waals surface area contributed by atoms with Gasteiger partial charge in [0.25, 0.3) is 0 Å². The summed E-state index contributed by atoms with van der Waals surface area (Å²) in [6, 6.07) is 1.78. The number of nitrogens with zero attached hydrogens (tertiary/aromatic N) is 6. The van der Waals surface area contributed by atoms with Gasteiger partial charge in [-0.2, -0.15) is 10.1 Å². The molecule has 9 heteroatoms. The van der Waals surface area contributed by atoms with Crippen LogP contribution in [-0.4, -0.2) is 66.1 Å². The number of aromatic nitrogens is 4. The molecule has 1 N–H and O–H groups in total. The Kier molecular flexibility index (Phi) is 4.90. The Morgan fingerprint density at radius 1 is 1.38 bits per heavy atom. The van der Waals surface area contributed by atoms with Crippen LogP contribution in [0.25, 0.3) is 0 Å². The molecule has 2 aromatic heterocycles. The Labute approximate surface area is 140 Å². The summed E-state index contributed by atoms with van der Waals surface area (Å²) in [5, 5.41) is 6.88. The average molecular weight is 331 g/mol. The zero-order valence-corrected chi connectivity index (χ0v) is 13.8. The summed E-state index contributed by atoms with van der Waals surface area (Å²) in [4.78, 5) is 25.1. The van der Waals surface area contributed by atoms with Crippen LogP contribution in [0.4, 0.5) is 17.5 Å². The minimum Gasteiger partial charge on any atom is -0.378 e. The molecule has 0 bridgehead atoms. The summed E-state index contributed by atoms with van der Waals surface area (Å²) >= 11 is 0. The number of rotatable bonds is 5. The summed E-state index contributed by atoms with van der Waals surface area (Å²) in [5.41, 5.74) is 0.578.